The number of rotatable bonds is 5. The van der Waals surface area contributed by atoms with Crippen molar-refractivity contribution in [3.8, 4) is 40.2 Å². The van der Waals surface area contributed by atoms with Crippen molar-refractivity contribution in [1.29, 1.82) is 0 Å². The highest BCUT2D eigenvalue weighted by Crippen LogP contribution is 2.47. The van der Waals surface area contributed by atoms with Crippen LogP contribution in [0.4, 0.5) is 0 Å². The van der Waals surface area contributed by atoms with Crippen LogP contribution in [0.15, 0.2) is 54.6 Å². The Morgan fingerprint density at radius 2 is 1.71 bits per heavy atom. The van der Waals surface area contributed by atoms with Gasteiger partial charge in [0.2, 0.25) is 0 Å². The predicted octanol–water partition coefficient (Wildman–Crippen LogP) is 6.02. The largest absolute Gasteiger partial charge is 0.508 e. The number of aliphatic hydroxyl groups excluding tert-OH is 3. The molecule has 6 nitrogen and oxygen atoms in total. The third kappa shape index (κ3) is 5.94. The van der Waals surface area contributed by atoms with Crippen molar-refractivity contribution < 1.29 is 30.3 Å². The number of ether oxygens (including phenoxy) is 1. The number of hydrogen-bond acceptors (Lipinski definition) is 6. The van der Waals surface area contributed by atoms with E-state index in [0.717, 1.165) is 42.0 Å². The van der Waals surface area contributed by atoms with Crippen LogP contribution in [-0.4, -0.2) is 44.9 Å². The maximum atomic E-state index is 11.6. The minimum absolute atomic E-state index is 0.0277. The van der Waals surface area contributed by atoms with Gasteiger partial charge in [0.25, 0.3) is 0 Å². The van der Waals surface area contributed by atoms with E-state index in [1.807, 2.05) is 30.3 Å². The SMILES string of the molecule is CCC1C#CC2C=CC(c3ccc(O)c(OC)c3-c3cc4ccc(O)cc4cc3CO)CC(O)C2C(O)CCCC1. The zero-order valence-electron chi connectivity index (χ0n) is 23.8. The lowest BCUT2D eigenvalue weighted by Gasteiger charge is -2.31. The molecule has 2 aliphatic carbocycles. The minimum atomic E-state index is -0.798. The van der Waals surface area contributed by atoms with Gasteiger partial charge in [-0.1, -0.05) is 55.9 Å². The lowest BCUT2D eigenvalue weighted by Crippen LogP contribution is -2.36. The van der Waals surface area contributed by atoms with Crippen LogP contribution in [0.3, 0.4) is 0 Å². The standard InChI is InChI=1S/C35H40O6/c1-3-21-6-4-5-7-30(38)33-22(9-8-21)10-11-24(19-32(33)40)28-14-15-31(39)35(41-2)34(28)29-18-23-12-13-27(37)17-25(23)16-26(29)20-36/h10-18,21-22,24,30,32-33,36-40H,3-7,19-20H2,1-2H3. The van der Waals surface area contributed by atoms with Gasteiger partial charge in [-0.3, -0.25) is 0 Å². The number of phenolic OH excluding ortho intramolecular Hbond substituents is 2. The smallest absolute Gasteiger partial charge is 0.168 e. The molecule has 5 N–H and O–H groups in total. The fourth-order valence-corrected chi connectivity index (χ4v) is 6.59. The molecule has 6 heteroatoms. The molecular formula is C35H40O6. The summed E-state index contributed by atoms with van der Waals surface area (Å²) in [5, 5.41) is 55.6. The van der Waals surface area contributed by atoms with Gasteiger partial charge < -0.3 is 30.3 Å². The molecule has 0 saturated heterocycles. The number of fused-ring (bicyclic) bond motifs is 2. The molecule has 0 bridgehead atoms. The van der Waals surface area contributed by atoms with Gasteiger partial charge in [0.15, 0.2) is 11.5 Å². The summed E-state index contributed by atoms with van der Waals surface area (Å²) in [7, 11) is 1.50. The molecule has 0 fully saturated rings. The molecule has 2 aliphatic rings. The predicted molar refractivity (Wildman–Crippen MR) is 161 cm³/mol. The molecular weight excluding hydrogens is 516 g/mol. The second-order valence-corrected chi connectivity index (χ2v) is 11.4. The molecule has 41 heavy (non-hydrogen) atoms. The highest BCUT2D eigenvalue weighted by Gasteiger charge is 2.37. The van der Waals surface area contributed by atoms with Crippen LogP contribution in [-0.2, 0) is 6.61 Å². The molecule has 5 rings (SSSR count). The zero-order valence-corrected chi connectivity index (χ0v) is 23.8. The van der Waals surface area contributed by atoms with Gasteiger partial charge in [-0.25, -0.2) is 0 Å². The maximum Gasteiger partial charge on any atom is 0.168 e. The molecule has 0 spiro atoms. The van der Waals surface area contributed by atoms with E-state index in [1.165, 1.54) is 7.11 Å². The number of aromatic hydroxyl groups is 2. The molecule has 0 saturated carbocycles. The van der Waals surface area contributed by atoms with Crippen molar-refractivity contribution in [3.63, 3.8) is 0 Å². The molecule has 0 amide bonds. The number of allylic oxidation sites excluding steroid dienone is 2. The summed E-state index contributed by atoms with van der Waals surface area (Å²) in [6.45, 7) is 1.90. The summed E-state index contributed by atoms with van der Waals surface area (Å²) in [6, 6.07) is 12.3. The Labute approximate surface area is 241 Å². The fourth-order valence-electron chi connectivity index (χ4n) is 6.59. The lowest BCUT2D eigenvalue weighted by atomic mass is 9.78. The quantitative estimate of drug-likeness (QED) is 0.194. The molecule has 216 valence electrons. The Morgan fingerprint density at radius 1 is 0.902 bits per heavy atom. The van der Waals surface area contributed by atoms with Crippen molar-refractivity contribution in [2.45, 2.75) is 70.2 Å². The number of phenols is 2. The first-order chi connectivity index (χ1) is 19.8. The average Bonchev–Trinajstić information content (AvgIpc) is 3.13. The van der Waals surface area contributed by atoms with Gasteiger partial charge >= 0.3 is 0 Å². The highest BCUT2D eigenvalue weighted by molar-refractivity contribution is 5.92. The molecule has 3 aromatic rings. The fraction of sp³-hybridized carbons (Fsp3) is 0.429. The highest BCUT2D eigenvalue weighted by atomic mass is 16.5. The second kappa shape index (κ2) is 12.6. The van der Waals surface area contributed by atoms with Gasteiger partial charge in [0.05, 0.1) is 25.9 Å². The van der Waals surface area contributed by atoms with Gasteiger partial charge in [0, 0.05) is 29.2 Å². The number of benzene rings is 3. The molecule has 6 unspecified atom stereocenters. The van der Waals surface area contributed by atoms with Crippen LogP contribution in [0.2, 0.25) is 0 Å². The monoisotopic (exact) mass is 556 g/mol. The summed E-state index contributed by atoms with van der Waals surface area (Å²) in [5.74, 6) is 6.62. The van der Waals surface area contributed by atoms with Gasteiger partial charge in [0.1, 0.15) is 5.75 Å². The number of hydrogen-bond donors (Lipinski definition) is 5. The summed E-state index contributed by atoms with van der Waals surface area (Å²) in [4.78, 5) is 0. The van der Waals surface area contributed by atoms with E-state index in [2.05, 4.69) is 24.8 Å². The van der Waals surface area contributed by atoms with E-state index in [9.17, 15) is 25.5 Å². The van der Waals surface area contributed by atoms with Crippen LogP contribution in [0, 0.1) is 29.6 Å². The van der Waals surface area contributed by atoms with Crippen molar-refractivity contribution >= 4 is 10.8 Å². The van der Waals surface area contributed by atoms with Gasteiger partial charge in [-0.15, -0.1) is 0 Å². The van der Waals surface area contributed by atoms with E-state index < -0.39 is 18.1 Å². The molecule has 0 aliphatic heterocycles. The van der Waals surface area contributed by atoms with Gasteiger partial charge in [-0.05, 0) is 83.5 Å². The lowest BCUT2D eigenvalue weighted by molar-refractivity contribution is -0.00703. The van der Waals surface area contributed by atoms with Crippen molar-refractivity contribution in [3.05, 3.63) is 65.7 Å². The van der Waals surface area contributed by atoms with Crippen LogP contribution in [0.1, 0.15) is 62.5 Å². The summed E-state index contributed by atoms with van der Waals surface area (Å²) in [6.07, 6.45) is 7.59. The van der Waals surface area contributed by atoms with E-state index in [0.29, 0.717) is 35.4 Å². The van der Waals surface area contributed by atoms with Crippen molar-refractivity contribution in [2.24, 2.45) is 17.8 Å². The second-order valence-electron chi connectivity index (χ2n) is 11.4. The maximum absolute atomic E-state index is 11.6. The van der Waals surface area contributed by atoms with Gasteiger partial charge in [-0.2, -0.15) is 0 Å². The third-order valence-corrected chi connectivity index (χ3v) is 8.86. The van der Waals surface area contributed by atoms with Crippen LogP contribution in [0.5, 0.6) is 17.2 Å². The Bertz CT molecular complexity index is 1480. The number of methoxy groups -OCH3 is 1. The van der Waals surface area contributed by atoms with Crippen molar-refractivity contribution in [1.82, 2.24) is 0 Å². The summed E-state index contributed by atoms with van der Waals surface area (Å²) >= 11 is 0. The Morgan fingerprint density at radius 3 is 2.46 bits per heavy atom. The van der Waals surface area contributed by atoms with Crippen molar-refractivity contribution in [2.75, 3.05) is 7.11 Å². The summed E-state index contributed by atoms with van der Waals surface area (Å²) in [5.41, 5.74) is 2.79. The van der Waals surface area contributed by atoms with Crippen LogP contribution >= 0.6 is 0 Å². The third-order valence-electron chi connectivity index (χ3n) is 8.86. The Balaban J connectivity index is 1.65. The zero-order chi connectivity index (χ0) is 29.1. The first kappa shape index (κ1) is 29.0. The van der Waals surface area contributed by atoms with Crippen LogP contribution in [0.25, 0.3) is 21.9 Å². The van der Waals surface area contributed by atoms with E-state index >= 15 is 0 Å². The first-order valence-corrected chi connectivity index (χ1v) is 14.7. The molecule has 3 aromatic carbocycles. The topological polar surface area (TPSA) is 110 Å². The molecule has 0 heterocycles. The number of aliphatic hydroxyl groups is 3. The average molecular weight is 557 g/mol. The van der Waals surface area contributed by atoms with E-state index in [4.69, 9.17) is 4.74 Å². The van der Waals surface area contributed by atoms with E-state index in [1.54, 1.807) is 18.2 Å². The molecule has 0 aromatic heterocycles. The van der Waals surface area contributed by atoms with Crippen LogP contribution < -0.4 is 4.74 Å². The first-order valence-electron chi connectivity index (χ1n) is 14.7. The Kier molecular flexibility index (Phi) is 8.89. The molecule has 0 radical (unpaired) electrons. The Hall–Kier alpha value is -3.50. The minimum Gasteiger partial charge on any atom is -0.508 e. The normalized spacial score (nSPS) is 26.5. The molecule has 6 atom stereocenters. The van der Waals surface area contributed by atoms with E-state index in [-0.39, 0.29) is 35.7 Å². The summed E-state index contributed by atoms with van der Waals surface area (Å²) < 4.78 is 5.73.